The van der Waals surface area contributed by atoms with E-state index in [1.54, 1.807) is 7.11 Å². The van der Waals surface area contributed by atoms with E-state index in [4.69, 9.17) is 39.3 Å². The fraction of sp³-hybridized carbons (Fsp3) is 0.938. The summed E-state index contributed by atoms with van der Waals surface area (Å²) in [7, 11) is 1.65. The topological polar surface area (TPSA) is 119 Å². The summed E-state index contributed by atoms with van der Waals surface area (Å²) in [6, 6.07) is 0. The smallest absolute Gasteiger partial charge is 0.329 e. The molecule has 0 rings (SSSR count). The minimum absolute atomic E-state index is 0.268. The highest BCUT2D eigenvalue weighted by Gasteiger charge is 1.95. The molecule has 0 unspecified atom stereocenters. The molecule has 0 saturated carbocycles. The third-order valence-electron chi connectivity index (χ3n) is 2.38. The minimum Gasteiger partial charge on any atom is -0.480 e. The number of hydrogen-bond donors (Lipinski definition) is 2. The van der Waals surface area contributed by atoms with E-state index < -0.39 is 5.97 Å². The molecule has 0 spiro atoms. The third kappa shape index (κ3) is 31.5. The number of nitrogens with two attached hydrogens (primary N) is 1. The Labute approximate surface area is 150 Å². The first-order valence-electron chi connectivity index (χ1n) is 8.48. The van der Waals surface area contributed by atoms with Gasteiger partial charge in [0.05, 0.1) is 59.5 Å². The molecule has 0 atom stereocenters. The van der Waals surface area contributed by atoms with Crippen LogP contribution in [0.4, 0.5) is 0 Å². The Hall–Kier alpha value is -0.810. The number of ether oxygens (including phenoxy) is 6. The molecule has 0 fully saturated rings. The van der Waals surface area contributed by atoms with E-state index in [0.29, 0.717) is 66.0 Å². The van der Waals surface area contributed by atoms with Gasteiger partial charge in [0.15, 0.2) is 0 Å². The maximum atomic E-state index is 10.0. The number of carboxylic acid groups (broad SMARTS) is 1. The molecule has 0 saturated heterocycles. The van der Waals surface area contributed by atoms with Gasteiger partial charge in [0.1, 0.15) is 6.61 Å². The van der Waals surface area contributed by atoms with Crippen molar-refractivity contribution in [3.8, 4) is 0 Å². The standard InChI is InChI=1S/C9H18O5.C7H17NO3/c1-2-3-12-4-5-13-6-7-14-8-9(10)11;1-9-4-5-11-7-6-10-3-2-8/h2-8H2,1H3,(H,10,11);2-8H2,1H3. The van der Waals surface area contributed by atoms with Gasteiger partial charge in [0.2, 0.25) is 0 Å². The molecule has 152 valence electrons. The molecule has 25 heavy (non-hydrogen) atoms. The molecule has 0 aliphatic rings. The molecule has 0 aromatic rings. The van der Waals surface area contributed by atoms with Crippen LogP contribution in [0.2, 0.25) is 0 Å². The van der Waals surface area contributed by atoms with Crippen molar-refractivity contribution in [1.82, 2.24) is 0 Å². The van der Waals surface area contributed by atoms with E-state index in [0.717, 1.165) is 13.0 Å². The normalized spacial score (nSPS) is 10.4. The number of methoxy groups -OCH3 is 1. The number of carboxylic acids is 1. The average molecular weight is 369 g/mol. The van der Waals surface area contributed by atoms with E-state index in [1.807, 2.05) is 6.92 Å². The maximum Gasteiger partial charge on any atom is 0.329 e. The summed E-state index contributed by atoms with van der Waals surface area (Å²) in [5, 5.41) is 8.23. The quantitative estimate of drug-likeness (QED) is 0.325. The molecule has 0 aliphatic heterocycles. The van der Waals surface area contributed by atoms with Crippen molar-refractivity contribution < 1.29 is 38.3 Å². The van der Waals surface area contributed by atoms with Gasteiger partial charge in [-0.15, -0.1) is 0 Å². The molecule has 0 bridgehead atoms. The van der Waals surface area contributed by atoms with Crippen molar-refractivity contribution in [1.29, 1.82) is 0 Å². The van der Waals surface area contributed by atoms with E-state index in [9.17, 15) is 4.79 Å². The van der Waals surface area contributed by atoms with Crippen molar-refractivity contribution in [2.24, 2.45) is 5.73 Å². The molecular weight excluding hydrogens is 334 g/mol. The van der Waals surface area contributed by atoms with Gasteiger partial charge < -0.3 is 39.3 Å². The van der Waals surface area contributed by atoms with Crippen molar-refractivity contribution in [3.05, 3.63) is 0 Å². The molecule has 0 heterocycles. The van der Waals surface area contributed by atoms with Crippen LogP contribution in [0.3, 0.4) is 0 Å². The highest BCUT2D eigenvalue weighted by atomic mass is 16.6. The van der Waals surface area contributed by atoms with Crippen LogP contribution in [0.25, 0.3) is 0 Å². The summed E-state index contributed by atoms with van der Waals surface area (Å²) in [5.41, 5.74) is 5.21. The Morgan fingerprint density at radius 2 is 1.20 bits per heavy atom. The van der Waals surface area contributed by atoms with Gasteiger partial charge >= 0.3 is 5.97 Å². The Bertz CT molecular complexity index is 248. The molecular formula is C16H35NO8. The second-order valence-corrected chi connectivity index (χ2v) is 4.68. The zero-order chi connectivity index (χ0) is 19.0. The number of hydrogen-bond acceptors (Lipinski definition) is 8. The zero-order valence-corrected chi connectivity index (χ0v) is 15.6. The van der Waals surface area contributed by atoms with Crippen LogP contribution in [0.15, 0.2) is 0 Å². The molecule has 3 N–H and O–H groups in total. The third-order valence-corrected chi connectivity index (χ3v) is 2.38. The van der Waals surface area contributed by atoms with Crippen LogP contribution >= 0.6 is 0 Å². The summed E-state index contributed by atoms with van der Waals surface area (Å²) >= 11 is 0. The maximum absolute atomic E-state index is 10.0. The molecule has 9 heteroatoms. The summed E-state index contributed by atoms with van der Waals surface area (Å²) in [6.07, 6.45) is 1.00. The van der Waals surface area contributed by atoms with E-state index >= 15 is 0 Å². The summed E-state index contributed by atoms with van der Waals surface area (Å²) in [5.74, 6) is -0.962. The largest absolute Gasteiger partial charge is 0.480 e. The predicted molar refractivity (Wildman–Crippen MR) is 93.0 cm³/mol. The van der Waals surface area contributed by atoms with Gasteiger partial charge in [0.25, 0.3) is 0 Å². The molecule has 0 aromatic heterocycles. The van der Waals surface area contributed by atoms with Crippen molar-refractivity contribution in [3.63, 3.8) is 0 Å². The van der Waals surface area contributed by atoms with Gasteiger partial charge in [-0.05, 0) is 6.42 Å². The molecule has 9 nitrogen and oxygen atoms in total. The Kier molecular flexibility index (Phi) is 26.9. The van der Waals surface area contributed by atoms with Crippen LogP contribution < -0.4 is 5.73 Å². The van der Waals surface area contributed by atoms with Crippen molar-refractivity contribution in [2.75, 3.05) is 86.3 Å². The number of rotatable bonds is 18. The highest BCUT2D eigenvalue weighted by molar-refractivity contribution is 5.67. The predicted octanol–water partition coefficient (Wildman–Crippen LogP) is 0.156. The second-order valence-electron chi connectivity index (χ2n) is 4.68. The van der Waals surface area contributed by atoms with Gasteiger partial charge in [-0.1, -0.05) is 6.92 Å². The fourth-order valence-corrected chi connectivity index (χ4v) is 1.29. The van der Waals surface area contributed by atoms with Gasteiger partial charge in [-0.25, -0.2) is 4.79 Å². The average Bonchev–Trinajstić information content (AvgIpc) is 2.60. The van der Waals surface area contributed by atoms with Crippen LogP contribution in [-0.2, 0) is 33.2 Å². The van der Waals surface area contributed by atoms with E-state index in [2.05, 4.69) is 0 Å². The fourth-order valence-electron chi connectivity index (χ4n) is 1.29. The lowest BCUT2D eigenvalue weighted by molar-refractivity contribution is -0.142. The Morgan fingerprint density at radius 3 is 1.64 bits per heavy atom. The van der Waals surface area contributed by atoms with Crippen LogP contribution in [0.5, 0.6) is 0 Å². The first-order valence-corrected chi connectivity index (χ1v) is 8.48. The minimum atomic E-state index is -0.962. The summed E-state index contributed by atoms with van der Waals surface area (Å²) in [4.78, 5) is 10.0. The first-order chi connectivity index (χ1) is 12.2. The van der Waals surface area contributed by atoms with Crippen LogP contribution in [0, 0.1) is 0 Å². The molecule has 0 aromatic carbocycles. The van der Waals surface area contributed by atoms with Crippen LogP contribution in [-0.4, -0.2) is 97.4 Å². The second kappa shape index (κ2) is 25.4. The van der Waals surface area contributed by atoms with E-state index in [1.165, 1.54) is 0 Å². The lowest BCUT2D eigenvalue weighted by atomic mass is 10.5. The van der Waals surface area contributed by atoms with Gasteiger partial charge in [-0.2, -0.15) is 0 Å². The summed E-state index contributed by atoms with van der Waals surface area (Å²) in [6.45, 7) is 8.00. The molecule has 0 amide bonds. The van der Waals surface area contributed by atoms with Crippen LogP contribution in [0.1, 0.15) is 13.3 Å². The van der Waals surface area contributed by atoms with E-state index in [-0.39, 0.29) is 6.61 Å². The number of carbonyl (C=O) groups is 1. The first kappa shape index (κ1) is 26.4. The number of aliphatic carboxylic acids is 1. The van der Waals surface area contributed by atoms with Crippen molar-refractivity contribution >= 4 is 5.97 Å². The zero-order valence-electron chi connectivity index (χ0n) is 15.6. The Balaban J connectivity index is 0. The van der Waals surface area contributed by atoms with Gasteiger partial charge in [0, 0.05) is 20.3 Å². The van der Waals surface area contributed by atoms with Crippen molar-refractivity contribution in [2.45, 2.75) is 13.3 Å². The monoisotopic (exact) mass is 369 g/mol. The molecule has 0 aliphatic carbocycles. The lowest BCUT2D eigenvalue weighted by Crippen LogP contribution is -2.13. The Morgan fingerprint density at radius 1 is 0.760 bits per heavy atom. The SMILES string of the molecule is CCCOCCOCCOCC(=O)O.COCCOCCOCCN. The lowest BCUT2D eigenvalue weighted by Gasteiger charge is -2.04. The highest BCUT2D eigenvalue weighted by Crippen LogP contribution is 1.83. The summed E-state index contributed by atoms with van der Waals surface area (Å²) < 4.78 is 30.0. The van der Waals surface area contributed by atoms with Gasteiger partial charge in [-0.3, -0.25) is 0 Å². The molecule has 0 radical (unpaired) electrons.